The summed E-state index contributed by atoms with van der Waals surface area (Å²) in [7, 11) is 0. The summed E-state index contributed by atoms with van der Waals surface area (Å²) in [6, 6.07) is 0. The van der Waals surface area contributed by atoms with Gasteiger partial charge in [-0.3, -0.25) is 0 Å². The van der Waals surface area contributed by atoms with Gasteiger partial charge >= 0.3 is 0 Å². The third kappa shape index (κ3) is 6.10. The van der Waals surface area contributed by atoms with Crippen LogP contribution in [-0.2, 0) is 0 Å². The number of aliphatic hydroxyl groups excluding tert-OH is 2. The monoisotopic (exact) mass is 444 g/mol. The minimum atomic E-state index is 0.0472. The summed E-state index contributed by atoms with van der Waals surface area (Å²) in [5.41, 5.74) is 0. The smallest absolute Gasteiger partial charge is 0.0567 e. The van der Waals surface area contributed by atoms with E-state index in [1.54, 1.807) is 0 Å². The first-order chi connectivity index (χ1) is 6.02. The zero-order valence-corrected chi connectivity index (χ0v) is 13.2. The number of hydrogen-bond donors (Lipinski definition) is 2. The molecule has 0 radical (unpaired) electrons. The first-order valence-corrected chi connectivity index (χ1v) is 7.47. The Hall–Kier alpha value is 1.84. The maximum atomic E-state index is 8.86. The molecule has 80 valence electrons. The number of aliphatic hydroxyl groups is 2. The van der Waals surface area contributed by atoms with E-state index in [0.29, 0.717) is 0 Å². The first kappa shape index (κ1) is 14.8. The molecule has 0 saturated heterocycles. The Kier molecular flexibility index (Phi) is 9.18. The molecule has 0 rings (SSSR count). The van der Waals surface area contributed by atoms with Gasteiger partial charge in [-0.15, -0.1) is 0 Å². The van der Waals surface area contributed by atoms with Crippen LogP contribution in [0, 0.1) is 0 Å². The molecule has 0 fully saturated rings. The van der Waals surface area contributed by atoms with Crippen LogP contribution in [0.1, 0.15) is 6.42 Å². The Morgan fingerprint density at radius 1 is 0.692 bits per heavy atom. The third-order valence-electron chi connectivity index (χ3n) is 1.58. The van der Waals surface area contributed by atoms with Crippen LogP contribution in [0.5, 0.6) is 0 Å². The first-order valence-electron chi connectivity index (χ1n) is 3.80. The summed E-state index contributed by atoms with van der Waals surface area (Å²) in [6.45, 7) is 0.198. The molecule has 0 aliphatic rings. The van der Waals surface area contributed by atoms with Crippen LogP contribution >= 0.6 is 63.7 Å². The molecule has 0 aromatic carbocycles. The molecule has 0 aliphatic heterocycles. The Balaban J connectivity index is 3.83. The van der Waals surface area contributed by atoms with Gasteiger partial charge in [0.15, 0.2) is 0 Å². The van der Waals surface area contributed by atoms with E-state index in [1.165, 1.54) is 0 Å². The Bertz CT molecular complexity index is 122. The zero-order chi connectivity index (χ0) is 10.4. The molecule has 0 aromatic heterocycles. The van der Waals surface area contributed by atoms with Gasteiger partial charge in [0.05, 0.1) is 22.9 Å². The lowest BCUT2D eigenvalue weighted by Gasteiger charge is -2.20. The van der Waals surface area contributed by atoms with Gasteiger partial charge in [0.25, 0.3) is 0 Å². The molecule has 0 aromatic rings. The van der Waals surface area contributed by atoms with Gasteiger partial charge in [0.2, 0.25) is 0 Å². The van der Waals surface area contributed by atoms with Crippen LogP contribution in [0.3, 0.4) is 0 Å². The van der Waals surface area contributed by atoms with Gasteiger partial charge < -0.3 is 10.2 Å². The molecular formula is C7H12Br4O2. The highest BCUT2D eigenvalue weighted by Gasteiger charge is 2.22. The number of rotatable bonds is 6. The van der Waals surface area contributed by atoms with Crippen molar-refractivity contribution in [2.45, 2.75) is 25.7 Å². The summed E-state index contributed by atoms with van der Waals surface area (Å²) >= 11 is 13.6. The maximum Gasteiger partial charge on any atom is 0.0567 e. The third-order valence-corrected chi connectivity index (χ3v) is 6.88. The van der Waals surface area contributed by atoms with Crippen molar-refractivity contribution in [1.29, 1.82) is 0 Å². The Morgan fingerprint density at radius 3 is 1.23 bits per heavy atom. The molecule has 13 heavy (non-hydrogen) atoms. The molecule has 0 amide bonds. The topological polar surface area (TPSA) is 40.5 Å². The Morgan fingerprint density at radius 2 is 1.00 bits per heavy atom. The van der Waals surface area contributed by atoms with E-state index in [-0.39, 0.29) is 32.5 Å². The standard InChI is InChI=1S/C7H12Br4O2/c8-4(6(10)2-12)1-5(9)7(11)3-13/h4-7,12-13H,1-3H2/t4-,5+,6+,7-. The van der Waals surface area contributed by atoms with Crippen LogP contribution in [0.2, 0.25) is 0 Å². The zero-order valence-electron chi connectivity index (χ0n) is 6.84. The molecule has 0 aliphatic carbocycles. The lowest BCUT2D eigenvalue weighted by molar-refractivity contribution is 0.285. The molecule has 0 saturated carbocycles. The van der Waals surface area contributed by atoms with E-state index in [4.69, 9.17) is 10.2 Å². The SMILES string of the molecule is OC[C@@H](Br)[C@@H](Br)C[C@@H](Br)[C@@H](Br)CO. The molecule has 2 N–H and O–H groups in total. The average Bonchev–Trinajstić information content (AvgIpc) is 2.14. The molecule has 4 atom stereocenters. The lowest BCUT2D eigenvalue weighted by Crippen LogP contribution is -2.27. The van der Waals surface area contributed by atoms with E-state index in [1.807, 2.05) is 0 Å². The number of alkyl halides is 4. The van der Waals surface area contributed by atoms with E-state index >= 15 is 0 Å². The molecule has 0 heterocycles. The second-order valence-corrected chi connectivity index (χ2v) is 7.37. The molecule has 0 unspecified atom stereocenters. The van der Waals surface area contributed by atoms with Crippen LogP contribution in [-0.4, -0.2) is 42.7 Å². The van der Waals surface area contributed by atoms with Crippen molar-refractivity contribution in [3.63, 3.8) is 0 Å². The van der Waals surface area contributed by atoms with Gasteiger partial charge in [0, 0.05) is 9.65 Å². The molecule has 2 nitrogen and oxygen atoms in total. The quantitative estimate of drug-likeness (QED) is 0.614. The van der Waals surface area contributed by atoms with Gasteiger partial charge in [-0.1, -0.05) is 63.7 Å². The van der Waals surface area contributed by atoms with E-state index < -0.39 is 0 Å². The van der Waals surface area contributed by atoms with E-state index in [9.17, 15) is 0 Å². The highest BCUT2D eigenvalue weighted by Crippen LogP contribution is 2.26. The van der Waals surface area contributed by atoms with E-state index in [0.717, 1.165) is 6.42 Å². The number of hydrogen-bond acceptors (Lipinski definition) is 2. The van der Waals surface area contributed by atoms with Crippen molar-refractivity contribution < 1.29 is 10.2 Å². The summed E-state index contributed by atoms with van der Waals surface area (Å²) in [6.07, 6.45) is 0.826. The average molecular weight is 448 g/mol. The summed E-state index contributed by atoms with van der Waals surface area (Å²) in [5, 5.41) is 17.7. The second kappa shape index (κ2) is 8.05. The summed E-state index contributed by atoms with van der Waals surface area (Å²) < 4.78 is 0. The maximum absolute atomic E-state index is 8.86. The van der Waals surface area contributed by atoms with Crippen molar-refractivity contribution >= 4 is 63.7 Å². The van der Waals surface area contributed by atoms with Gasteiger partial charge in [-0.25, -0.2) is 0 Å². The van der Waals surface area contributed by atoms with Crippen LogP contribution < -0.4 is 0 Å². The molecular weight excluding hydrogens is 436 g/mol. The van der Waals surface area contributed by atoms with E-state index in [2.05, 4.69) is 63.7 Å². The molecule has 0 bridgehead atoms. The minimum Gasteiger partial charge on any atom is -0.395 e. The van der Waals surface area contributed by atoms with Gasteiger partial charge in [-0.05, 0) is 6.42 Å². The predicted octanol–water partition coefficient (Wildman–Crippen LogP) is 2.42. The largest absolute Gasteiger partial charge is 0.395 e. The van der Waals surface area contributed by atoms with Crippen molar-refractivity contribution in [1.82, 2.24) is 0 Å². The summed E-state index contributed by atoms with van der Waals surface area (Å²) in [5.74, 6) is 0. The number of halogens is 4. The second-order valence-electron chi connectivity index (χ2n) is 2.66. The van der Waals surface area contributed by atoms with Crippen molar-refractivity contribution in [2.75, 3.05) is 13.2 Å². The van der Waals surface area contributed by atoms with Crippen molar-refractivity contribution in [3.8, 4) is 0 Å². The fourth-order valence-corrected chi connectivity index (χ4v) is 2.81. The minimum absolute atomic E-state index is 0.0472. The lowest BCUT2D eigenvalue weighted by atomic mass is 10.1. The van der Waals surface area contributed by atoms with Crippen molar-refractivity contribution in [3.05, 3.63) is 0 Å². The Labute approximate surface area is 112 Å². The normalized spacial score (nSPS) is 20.8. The van der Waals surface area contributed by atoms with Crippen LogP contribution in [0.15, 0.2) is 0 Å². The highest BCUT2D eigenvalue weighted by molar-refractivity contribution is 9.13. The fourth-order valence-electron chi connectivity index (χ4n) is 0.739. The van der Waals surface area contributed by atoms with Gasteiger partial charge in [-0.2, -0.15) is 0 Å². The van der Waals surface area contributed by atoms with Crippen LogP contribution in [0.25, 0.3) is 0 Å². The fraction of sp³-hybridized carbons (Fsp3) is 1.00. The highest BCUT2D eigenvalue weighted by atomic mass is 79.9. The molecule has 0 spiro atoms. The summed E-state index contributed by atoms with van der Waals surface area (Å²) in [4.78, 5) is 0.471. The van der Waals surface area contributed by atoms with Gasteiger partial charge in [0.1, 0.15) is 0 Å². The van der Waals surface area contributed by atoms with Crippen molar-refractivity contribution in [2.24, 2.45) is 0 Å². The predicted molar refractivity (Wildman–Crippen MR) is 69.6 cm³/mol. The molecule has 6 heteroatoms. The van der Waals surface area contributed by atoms with Crippen LogP contribution in [0.4, 0.5) is 0 Å².